The molecule has 0 aliphatic heterocycles. The maximum Gasteiger partial charge on any atom is 0.371 e. The lowest BCUT2D eigenvalue weighted by Gasteiger charge is -2.35. The molecular formula is C14H18O4. The summed E-state index contributed by atoms with van der Waals surface area (Å²) in [5.41, 5.74) is -0.959. The van der Waals surface area contributed by atoms with E-state index in [-0.39, 0.29) is 5.76 Å². The lowest BCUT2D eigenvalue weighted by molar-refractivity contribution is -0.0427. The average Bonchev–Trinajstić information content (AvgIpc) is 3.05. The van der Waals surface area contributed by atoms with Crippen molar-refractivity contribution in [2.75, 3.05) is 0 Å². The van der Waals surface area contributed by atoms with Gasteiger partial charge in [0, 0.05) is 0 Å². The van der Waals surface area contributed by atoms with Crippen LogP contribution in [0.3, 0.4) is 0 Å². The molecule has 18 heavy (non-hydrogen) atoms. The van der Waals surface area contributed by atoms with Gasteiger partial charge in [-0.2, -0.15) is 0 Å². The zero-order chi connectivity index (χ0) is 12.8. The van der Waals surface area contributed by atoms with Crippen LogP contribution in [-0.4, -0.2) is 16.2 Å². The highest BCUT2D eigenvalue weighted by molar-refractivity contribution is 5.84. The second-order valence-electron chi connectivity index (χ2n) is 5.69. The molecule has 1 aromatic rings. The summed E-state index contributed by atoms with van der Waals surface area (Å²) in [4.78, 5) is 10.8. The van der Waals surface area contributed by atoms with Crippen LogP contribution in [0.2, 0.25) is 0 Å². The number of furan rings is 1. The molecule has 4 nitrogen and oxygen atoms in total. The molecule has 98 valence electrons. The molecule has 0 spiro atoms. The molecule has 2 atom stereocenters. The number of carboxylic acid groups (broad SMARTS) is 1. The van der Waals surface area contributed by atoms with Crippen LogP contribution in [0.5, 0.6) is 0 Å². The van der Waals surface area contributed by atoms with Gasteiger partial charge in [0.2, 0.25) is 5.76 Å². The fourth-order valence-electron chi connectivity index (χ4n) is 3.19. The molecule has 0 amide bonds. The van der Waals surface area contributed by atoms with Gasteiger partial charge in [-0.25, -0.2) is 4.79 Å². The molecule has 2 N–H and O–H groups in total. The Bertz CT molecular complexity index is 460. The van der Waals surface area contributed by atoms with E-state index in [1.54, 1.807) is 6.07 Å². The molecule has 3 rings (SSSR count). The van der Waals surface area contributed by atoms with Crippen LogP contribution in [0, 0.1) is 11.8 Å². The van der Waals surface area contributed by atoms with Gasteiger partial charge >= 0.3 is 5.97 Å². The monoisotopic (exact) mass is 250 g/mol. The van der Waals surface area contributed by atoms with Crippen molar-refractivity contribution in [1.29, 1.82) is 0 Å². The highest BCUT2D eigenvalue weighted by Gasteiger charge is 2.43. The third-order valence-corrected chi connectivity index (χ3v) is 4.33. The van der Waals surface area contributed by atoms with Gasteiger partial charge in [-0.05, 0) is 62.5 Å². The Hall–Kier alpha value is -1.29. The maximum atomic E-state index is 10.8. The predicted octanol–water partition coefficient (Wildman–Crippen LogP) is 2.77. The summed E-state index contributed by atoms with van der Waals surface area (Å²) in [6.45, 7) is 0. The summed E-state index contributed by atoms with van der Waals surface area (Å²) in [5.74, 6) is 0.587. The van der Waals surface area contributed by atoms with Gasteiger partial charge in [-0.3, -0.25) is 0 Å². The Balaban J connectivity index is 1.81. The minimum Gasteiger partial charge on any atom is -0.475 e. The van der Waals surface area contributed by atoms with Crippen LogP contribution in [0.1, 0.15) is 54.8 Å². The molecule has 2 aliphatic carbocycles. The molecule has 2 saturated carbocycles. The highest BCUT2D eigenvalue weighted by Crippen LogP contribution is 2.49. The van der Waals surface area contributed by atoms with Crippen molar-refractivity contribution in [1.82, 2.24) is 0 Å². The largest absolute Gasteiger partial charge is 0.475 e. The lowest BCUT2D eigenvalue weighted by Crippen LogP contribution is -2.33. The van der Waals surface area contributed by atoms with E-state index in [1.165, 1.54) is 25.3 Å². The zero-order valence-electron chi connectivity index (χ0n) is 10.3. The second kappa shape index (κ2) is 4.12. The third-order valence-electron chi connectivity index (χ3n) is 4.33. The number of hydrogen-bond donors (Lipinski definition) is 2. The molecule has 0 bridgehead atoms. The Kier molecular flexibility index (Phi) is 2.70. The van der Waals surface area contributed by atoms with Gasteiger partial charge in [0.05, 0.1) is 0 Å². The molecule has 2 fully saturated rings. The smallest absolute Gasteiger partial charge is 0.371 e. The van der Waals surface area contributed by atoms with Crippen LogP contribution in [-0.2, 0) is 5.60 Å². The van der Waals surface area contributed by atoms with Crippen LogP contribution in [0.4, 0.5) is 0 Å². The molecule has 1 heterocycles. The predicted molar refractivity (Wildman–Crippen MR) is 64.2 cm³/mol. The van der Waals surface area contributed by atoms with Gasteiger partial charge < -0.3 is 14.6 Å². The Morgan fingerprint density at radius 3 is 2.67 bits per heavy atom. The van der Waals surface area contributed by atoms with Crippen molar-refractivity contribution < 1.29 is 19.4 Å². The molecule has 2 aliphatic rings. The van der Waals surface area contributed by atoms with E-state index in [9.17, 15) is 9.90 Å². The van der Waals surface area contributed by atoms with E-state index < -0.39 is 11.6 Å². The first-order chi connectivity index (χ1) is 8.58. The Morgan fingerprint density at radius 1 is 1.28 bits per heavy atom. The topological polar surface area (TPSA) is 70.7 Å². The number of aromatic carboxylic acids is 1. The van der Waals surface area contributed by atoms with E-state index in [4.69, 9.17) is 9.52 Å². The van der Waals surface area contributed by atoms with E-state index in [2.05, 4.69) is 0 Å². The van der Waals surface area contributed by atoms with Gasteiger partial charge in [0.15, 0.2) is 0 Å². The van der Waals surface area contributed by atoms with Crippen molar-refractivity contribution in [2.24, 2.45) is 11.8 Å². The molecule has 4 heteroatoms. The summed E-state index contributed by atoms with van der Waals surface area (Å²) < 4.78 is 5.29. The number of rotatable bonds is 3. The number of aliphatic hydroxyl groups is 1. The number of carbonyl (C=O) groups is 1. The number of hydrogen-bond acceptors (Lipinski definition) is 3. The summed E-state index contributed by atoms with van der Waals surface area (Å²) in [5, 5.41) is 19.6. The summed E-state index contributed by atoms with van der Waals surface area (Å²) in [6, 6.07) is 3.04. The van der Waals surface area contributed by atoms with Crippen molar-refractivity contribution in [3.63, 3.8) is 0 Å². The first kappa shape index (κ1) is 11.8. The molecule has 0 radical (unpaired) electrons. The van der Waals surface area contributed by atoms with E-state index in [1.807, 2.05) is 0 Å². The van der Waals surface area contributed by atoms with Gasteiger partial charge in [-0.1, -0.05) is 0 Å². The molecule has 1 aromatic heterocycles. The second-order valence-corrected chi connectivity index (χ2v) is 5.69. The zero-order valence-corrected chi connectivity index (χ0v) is 10.3. The van der Waals surface area contributed by atoms with Gasteiger partial charge in [-0.15, -0.1) is 0 Å². The van der Waals surface area contributed by atoms with Crippen molar-refractivity contribution in [3.05, 3.63) is 23.7 Å². The molecular weight excluding hydrogens is 232 g/mol. The van der Waals surface area contributed by atoms with E-state index in [0.717, 1.165) is 12.3 Å². The fourth-order valence-corrected chi connectivity index (χ4v) is 3.19. The van der Waals surface area contributed by atoms with Gasteiger partial charge in [0.1, 0.15) is 11.4 Å². The van der Waals surface area contributed by atoms with Gasteiger partial charge in [0.25, 0.3) is 0 Å². The first-order valence-corrected chi connectivity index (χ1v) is 6.64. The normalized spacial score (nSPS) is 32.4. The van der Waals surface area contributed by atoms with Crippen LogP contribution >= 0.6 is 0 Å². The first-order valence-electron chi connectivity index (χ1n) is 6.64. The van der Waals surface area contributed by atoms with Crippen LogP contribution < -0.4 is 0 Å². The third kappa shape index (κ3) is 2.05. The van der Waals surface area contributed by atoms with Crippen molar-refractivity contribution in [3.8, 4) is 0 Å². The van der Waals surface area contributed by atoms with E-state index >= 15 is 0 Å². The summed E-state index contributed by atoms with van der Waals surface area (Å²) >= 11 is 0. The summed E-state index contributed by atoms with van der Waals surface area (Å²) in [6.07, 6.45) is 6.10. The van der Waals surface area contributed by atoms with Crippen molar-refractivity contribution in [2.45, 2.75) is 44.1 Å². The fraction of sp³-hybridized carbons (Fsp3) is 0.643. The quantitative estimate of drug-likeness (QED) is 0.865. The Morgan fingerprint density at radius 2 is 2.06 bits per heavy atom. The molecule has 0 saturated heterocycles. The minimum atomic E-state index is -1.08. The van der Waals surface area contributed by atoms with E-state index in [0.29, 0.717) is 24.5 Å². The lowest BCUT2D eigenvalue weighted by atomic mass is 9.75. The number of carboxylic acids is 1. The molecule has 2 unspecified atom stereocenters. The Labute approximate surface area is 106 Å². The SMILES string of the molecule is O=C(O)c1ccc(C2(O)CCCC(C3CC3)C2)o1. The maximum absolute atomic E-state index is 10.8. The minimum absolute atomic E-state index is 0.0908. The standard InChI is InChI=1S/C14H18O4/c15-13(16)11-5-6-12(18-11)14(17)7-1-2-10(8-14)9-3-4-9/h5-6,9-10,17H,1-4,7-8H2,(H,15,16). The molecule has 0 aromatic carbocycles. The highest BCUT2D eigenvalue weighted by atomic mass is 16.4. The average molecular weight is 250 g/mol. The van der Waals surface area contributed by atoms with Crippen molar-refractivity contribution >= 4 is 5.97 Å². The van der Waals surface area contributed by atoms with Crippen LogP contribution in [0.15, 0.2) is 16.5 Å². The van der Waals surface area contributed by atoms with Crippen LogP contribution in [0.25, 0.3) is 0 Å². The summed E-state index contributed by atoms with van der Waals surface area (Å²) in [7, 11) is 0.